The third-order valence-corrected chi connectivity index (χ3v) is 6.20. The molecule has 32 heavy (non-hydrogen) atoms. The summed E-state index contributed by atoms with van der Waals surface area (Å²) in [5, 5.41) is 5.18. The van der Waals surface area contributed by atoms with Gasteiger partial charge < -0.3 is 9.47 Å². The topological polar surface area (TPSA) is 77.0 Å². The van der Waals surface area contributed by atoms with E-state index < -0.39 is 5.97 Å². The summed E-state index contributed by atoms with van der Waals surface area (Å²) in [7, 11) is 1.50. The molecule has 0 saturated carbocycles. The van der Waals surface area contributed by atoms with Gasteiger partial charge in [0.05, 0.1) is 23.9 Å². The quantitative estimate of drug-likeness (QED) is 0.176. The van der Waals surface area contributed by atoms with Gasteiger partial charge in [-0.3, -0.25) is 4.79 Å². The molecule has 1 heterocycles. The van der Waals surface area contributed by atoms with Gasteiger partial charge in [0.1, 0.15) is 16.4 Å². The minimum absolute atomic E-state index is 0.359. The number of nitrogens with one attached hydrogen (secondary N) is 1. The number of carbonyl (C=O) groups excluding carboxylic acids is 2. The van der Waals surface area contributed by atoms with E-state index in [0.29, 0.717) is 32.5 Å². The van der Waals surface area contributed by atoms with E-state index in [1.165, 1.54) is 24.7 Å². The Labute approximate surface area is 193 Å². The van der Waals surface area contributed by atoms with Gasteiger partial charge in [0, 0.05) is 10.1 Å². The highest BCUT2D eigenvalue weighted by Crippen LogP contribution is 2.35. The fourth-order valence-corrected chi connectivity index (χ4v) is 4.36. The highest BCUT2D eigenvalue weighted by Gasteiger charge is 2.19. The first-order valence-corrected chi connectivity index (χ1v) is 10.7. The summed E-state index contributed by atoms with van der Waals surface area (Å²) >= 11 is 7.63. The molecule has 0 aliphatic rings. The molecule has 0 atom stereocenters. The number of halogens is 1. The van der Waals surface area contributed by atoms with E-state index in [0.717, 1.165) is 10.1 Å². The molecule has 1 amide bonds. The van der Waals surface area contributed by atoms with Gasteiger partial charge in [0.15, 0.2) is 0 Å². The van der Waals surface area contributed by atoms with Crippen molar-refractivity contribution >= 4 is 51.1 Å². The number of fused-ring (bicyclic) bond motifs is 1. The largest absolute Gasteiger partial charge is 0.496 e. The van der Waals surface area contributed by atoms with Crippen LogP contribution in [-0.2, 0) is 0 Å². The van der Waals surface area contributed by atoms with E-state index in [2.05, 4.69) is 10.5 Å². The van der Waals surface area contributed by atoms with Gasteiger partial charge in [0.25, 0.3) is 5.91 Å². The zero-order chi connectivity index (χ0) is 22.5. The molecule has 3 aromatic carbocycles. The summed E-state index contributed by atoms with van der Waals surface area (Å²) in [5.41, 5.74) is 3.56. The lowest BCUT2D eigenvalue weighted by atomic mass is 10.2. The number of thiophene rings is 1. The van der Waals surface area contributed by atoms with E-state index >= 15 is 0 Å². The van der Waals surface area contributed by atoms with Gasteiger partial charge in [-0.05, 0) is 48.0 Å². The number of para-hydroxylation sites is 1. The van der Waals surface area contributed by atoms with Crippen LogP contribution in [0.25, 0.3) is 10.1 Å². The van der Waals surface area contributed by atoms with Gasteiger partial charge in [-0.25, -0.2) is 10.2 Å². The number of amides is 1. The Hall–Kier alpha value is -3.68. The number of hydrazone groups is 1. The normalized spacial score (nSPS) is 10.9. The first kappa shape index (κ1) is 21.5. The SMILES string of the molecule is COc1ccccc1C(=O)N/N=C/c1ccc(OC(=O)c2sc3ccccc3c2Cl)cc1. The van der Waals surface area contributed by atoms with Crippen LogP contribution in [0.5, 0.6) is 11.5 Å². The monoisotopic (exact) mass is 464 g/mol. The fourth-order valence-electron chi connectivity index (χ4n) is 2.98. The number of carbonyl (C=O) groups is 2. The Kier molecular flexibility index (Phi) is 6.49. The van der Waals surface area contributed by atoms with E-state index in [4.69, 9.17) is 21.1 Å². The van der Waals surface area contributed by atoms with Crippen LogP contribution in [0.15, 0.2) is 77.9 Å². The average Bonchev–Trinajstić information content (AvgIpc) is 3.17. The molecule has 0 radical (unpaired) electrons. The van der Waals surface area contributed by atoms with E-state index in [-0.39, 0.29) is 5.91 Å². The molecule has 0 spiro atoms. The van der Waals surface area contributed by atoms with Crippen molar-refractivity contribution in [1.82, 2.24) is 5.43 Å². The standard InChI is InChI=1S/C24H17ClN2O4S/c1-30-19-8-4-2-6-17(19)23(28)27-26-14-15-10-12-16(13-11-15)31-24(29)22-21(25)18-7-3-5-9-20(18)32-22/h2-14H,1H3,(H,27,28)/b26-14+. The molecule has 0 bridgehead atoms. The number of rotatable bonds is 6. The van der Waals surface area contributed by atoms with Crippen molar-refractivity contribution in [2.45, 2.75) is 0 Å². The molecule has 0 saturated heterocycles. The molecule has 0 aliphatic carbocycles. The lowest BCUT2D eigenvalue weighted by molar-refractivity contribution is 0.0739. The highest BCUT2D eigenvalue weighted by molar-refractivity contribution is 7.21. The van der Waals surface area contributed by atoms with Crippen LogP contribution in [0.2, 0.25) is 5.02 Å². The van der Waals surface area contributed by atoms with Gasteiger partial charge in [0.2, 0.25) is 0 Å². The van der Waals surface area contributed by atoms with Crippen molar-refractivity contribution in [2.75, 3.05) is 7.11 Å². The molecule has 1 N–H and O–H groups in total. The second kappa shape index (κ2) is 9.64. The van der Waals surface area contributed by atoms with E-state index in [1.807, 2.05) is 24.3 Å². The molecule has 0 fully saturated rings. The molecule has 4 aromatic rings. The number of ether oxygens (including phenoxy) is 2. The Morgan fingerprint density at radius 3 is 2.47 bits per heavy atom. The van der Waals surface area contributed by atoms with Crippen molar-refractivity contribution in [3.05, 3.63) is 93.8 Å². The van der Waals surface area contributed by atoms with Crippen molar-refractivity contribution in [1.29, 1.82) is 0 Å². The van der Waals surface area contributed by atoms with Gasteiger partial charge in [-0.15, -0.1) is 11.3 Å². The summed E-state index contributed by atoms with van der Waals surface area (Å²) in [5.74, 6) is -0.0602. The molecule has 4 rings (SSSR count). The summed E-state index contributed by atoms with van der Waals surface area (Å²) < 4.78 is 11.5. The molecule has 160 valence electrons. The Balaban J connectivity index is 1.39. The van der Waals surface area contributed by atoms with Crippen LogP contribution < -0.4 is 14.9 Å². The molecule has 0 aliphatic heterocycles. The highest BCUT2D eigenvalue weighted by atomic mass is 35.5. The maximum atomic E-state index is 12.5. The average molecular weight is 465 g/mol. The van der Waals surface area contributed by atoms with Crippen LogP contribution in [-0.4, -0.2) is 25.2 Å². The minimum atomic E-state index is -0.512. The lowest BCUT2D eigenvalue weighted by Crippen LogP contribution is -2.18. The molecular weight excluding hydrogens is 448 g/mol. The van der Waals surface area contributed by atoms with Gasteiger partial charge in [-0.2, -0.15) is 5.10 Å². The maximum Gasteiger partial charge on any atom is 0.355 e. The van der Waals surface area contributed by atoms with Gasteiger partial charge in [-0.1, -0.05) is 41.9 Å². The van der Waals surface area contributed by atoms with E-state index in [9.17, 15) is 9.59 Å². The number of esters is 1. The number of hydrogen-bond acceptors (Lipinski definition) is 6. The van der Waals surface area contributed by atoms with Crippen LogP contribution in [0.3, 0.4) is 0 Å². The fraction of sp³-hybridized carbons (Fsp3) is 0.0417. The summed E-state index contributed by atoms with van der Waals surface area (Å²) in [6.45, 7) is 0. The Morgan fingerprint density at radius 1 is 1.00 bits per heavy atom. The summed E-state index contributed by atoms with van der Waals surface area (Å²) in [4.78, 5) is 25.1. The summed E-state index contributed by atoms with van der Waals surface area (Å²) in [6.07, 6.45) is 1.49. The zero-order valence-electron chi connectivity index (χ0n) is 16.9. The number of nitrogens with zero attached hydrogens (tertiary/aromatic N) is 1. The van der Waals surface area contributed by atoms with Crippen LogP contribution in [0, 0.1) is 0 Å². The first-order valence-electron chi connectivity index (χ1n) is 9.52. The second-order valence-electron chi connectivity index (χ2n) is 6.60. The summed E-state index contributed by atoms with van der Waals surface area (Å²) in [6, 6.07) is 21.1. The minimum Gasteiger partial charge on any atom is -0.496 e. The zero-order valence-corrected chi connectivity index (χ0v) is 18.4. The molecule has 6 nitrogen and oxygen atoms in total. The predicted molar refractivity (Wildman–Crippen MR) is 126 cm³/mol. The molecule has 0 unspecified atom stereocenters. The van der Waals surface area contributed by atoms with Crippen molar-refractivity contribution in [2.24, 2.45) is 5.10 Å². The van der Waals surface area contributed by atoms with Crippen LogP contribution in [0.4, 0.5) is 0 Å². The van der Waals surface area contributed by atoms with Crippen LogP contribution >= 0.6 is 22.9 Å². The third-order valence-electron chi connectivity index (χ3n) is 4.54. The number of hydrogen-bond donors (Lipinski definition) is 1. The van der Waals surface area contributed by atoms with Crippen molar-refractivity contribution < 1.29 is 19.1 Å². The molecular formula is C24H17ClN2O4S. The second-order valence-corrected chi connectivity index (χ2v) is 8.03. The van der Waals surface area contributed by atoms with Gasteiger partial charge >= 0.3 is 5.97 Å². The third kappa shape index (κ3) is 4.64. The van der Waals surface area contributed by atoms with E-state index in [1.54, 1.807) is 48.5 Å². The number of benzene rings is 3. The predicted octanol–water partition coefficient (Wildman–Crippen LogP) is 5.55. The van der Waals surface area contributed by atoms with Crippen molar-refractivity contribution in [3.8, 4) is 11.5 Å². The lowest BCUT2D eigenvalue weighted by Gasteiger charge is -2.06. The maximum absolute atomic E-state index is 12.5. The molecule has 1 aromatic heterocycles. The Bertz CT molecular complexity index is 1320. The smallest absolute Gasteiger partial charge is 0.355 e. The molecule has 8 heteroatoms. The van der Waals surface area contributed by atoms with Crippen LogP contribution in [0.1, 0.15) is 25.6 Å². The number of methoxy groups -OCH3 is 1. The van der Waals surface area contributed by atoms with Crippen molar-refractivity contribution in [3.63, 3.8) is 0 Å². The first-order chi connectivity index (χ1) is 15.6. The Morgan fingerprint density at radius 2 is 1.72 bits per heavy atom.